The SMILES string of the molecule is CC1=CN(c2ccc(S(=O)(=O)C(F)(F)F)cc2)CN1Cc1ccnc(NC(=O)Oc2ccccc2)c1. The van der Waals surface area contributed by atoms with Gasteiger partial charge in [-0.15, -0.1) is 0 Å². The number of carbonyl (C=O) groups is 1. The minimum Gasteiger partial charge on any atom is -0.410 e. The number of nitrogens with one attached hydrogen (secondary N) is 1. The first-order chi connectivity index (χ1) is 17.0. The molecule has 1 aromatic heterocycles. The molecule has 0 spiro atoms. The van der Waals surface area contributed by atoms with Gasteiger partial charge in [-0.2, -0.15) is 13.2 Å². The Morgan fingerprint density at radius 2 is 1.78 bits per heavy atom. The molecular weight excluding hydrogens is 497 g/mol. The molecule has 0 radical (unpaired) electrons. The van der Waals surface area contributed by atoms with E-state index in [0.717, 1.165) is 23.4 Å². The number of anilines is 2. The van der Waals surface area contributed by atoms with Gasteiger partial charge in [-0.1, -0.05) is 18.2 Å². The van der Waals surface area contributed by atoms with Gasteiger partial charge in [0.2, 0.25) is 0 Å². The van der Waals surface area contributed by atoms with Crippen LogP contribution in [-0.2, 0) is 16.4 Å². The van der Waals surface area contributed by atoms with Crippen molar-refractivity contribution in [2.24, 2.45) is 0 Å². The highest BCUT2D eigenvalue weighted by atomic mass is 32.2. The first-order valence-corrected chi connectivity index (χ1v) is 12.1. The number of allylic oxidation sites excluding steroid dienone is 1. The molecule has 1 aliphatic heterocycles. The molecule has 2 aromatic carbocycles. The fourth-order valence-electron chi connectivity index (χ4n) is 3.51. The van der Waals surface area contributed by atoms with Crippen molar-refractivity contribution < 1.29 is 31.1 Å². The summed E-state index contributed by atoms with van der Waals surface area (Å²) in [4.78, 5) is 19.3. The quantitative estimate of drug-likeness (QED) is 0.484. The molecule has 1 N–H and O–H groups in total. The molecule has 0 aliphatic carbocycles. The minimum absolute atomic E-state index is 0.313. The number of rotatable bonds is 6. The van der Waals surface area contributed by atoms with Crippen molar-refractivity contribution in [3.05, 3.63) is 90.4 Å². The summed E-state index contributed by atoms with van der Waals surface area (Å²) in [5.74, 6) is 0.709. The molecule has 2 heterocycles. The normalized spacial score (nSPS) is 13.9. The van der Waals surface area contributed by atoms with Gasteiger partial charge in [0.05, 0.1) is 11.6 Å². The van der Waals surface area contributed by atoms with Crippen LogP contribution < -0.4 is 15.0 Å². The van der Waals surface area contributed by atoms with Crippen LogP contribution in [0.2, 0.25) is 0 Å². The topological polar surface area (TPSA) is 91.8 Å². The second-order valence-corrected chi connectivity index (χ2v) is 9.84. The van der Waals surface area contributed by atoms with Gasteiger partial charge in [0.15, 0.2) is 0 Å². The summed E-state index contributed by atoms with van der Waals surface area (Å²) < 4.78 is 66.7. The lowest BCUT2D eigenvalue weighted by atomic mass is 10.2. The van der Waals surface area contributed by atoms with E-state index in [2.05, 4.69) is 10.3 Å². The van der Waals surface area contributed by atoms with E-state index < -0.39 is 26.3 Å². The molecule has 1 aliphatic rings. The third-order valence-electron chi connectivity index (χ3n) is 5.33. The van der Waals surface area contributed by atoms with Crippen LogP contribution >= 0.6 is 0 Å². The smallest absolute Gasteiger partial charge is 0.410 e. The number of halogens is 3. The molecule has 0 saturated carbocycles. The molecule has 0 fully saturated rings. The highest BCUT2D eigenvalue weighted by Crippen LogP contribution is 2.32. The molecule has 1 amide bonds. The lowest BCUT2D eigenvalue weighted by Gasteiger charge is -2.23. The number of aromatic nitrogens is 1. The largest absolute Gasteiger partial charge is 0.501 e. The van der Waals surface area contributed by atoms with Crippen LogP contribution in [0.3, 0.4) is 0 Å². The van der Waals surface area contributed by atoms with E-state index in [-0.39, 0.29) is 0 Å². The van der Waals surface area contributed by atoms with Crippen molar-refractivity contribution in [2.75, 3.05) is 16.9 Å². The summed E-state index contributed by atoms with van der Waals surface area (Å²) in [5, 5.41) is 2.58. The number of amides is 1. The maximum absolute atomic E-state index is 12.8. The second-order valence-electron chi connectivity index (χ2n) is 7.90. The summed E-state index contributed by atoms with van der Waals surface area (Å²) >= 11 is 0. The van der Waals surface area contributed by atoms with Crippen LogP contribution in [0.5, 0.6) is 5.75 Å². The molecule has 4 rings (SSSR count). The lowest BCUT2D eigenvalue weighted by molar-refractivity contribution is -0.0436. The van der Waals surface area contributed by atoms with E-state index in [4.69, 9.17) is 4.74 Å². The van der Waals surface area contributed by atoms with Crippen LogP contribution in [-0.4, -0.2) is 36.6 Å². The number of benzene rings is 2. The van der Waals surface area contributed by atoms with Crippen LogP contribution in [0.25, 0.3) is 0 Å². The van der Waals surface area contributed by atoms with E-state index in [1.807, 2.05) is 18.0 Å². The van der Waals surface area contributed by atoms with Gasteiger partial charge >= 0.3 is 11.6 Å². The van der Waals surface area contributed by atoms with Crippen LogP contribution in [0.4, 0.5) is 29.5 Å². The Morgan fingerprint density at radius 3 is 2.44 bits per heavy atom. The molecule has 3 aromatic rings. The third-order valence-corrected chi connectivity index (χ3v) is 6.83. The average Bonchev–Trinajstić information content (AvgIpc) is 3.19. The number of sulfone groups is 1. The Bertz CT molecular complexity index is 1380. The number of ether oxygens (including phenoxy) is 1. The minimum atomic E-state index is -5.40. The van der Waals surface area contributed by atoms with E-state index in [0.29, 0.717) is 30.5 Å². The van der Waals surface area contributed by atoms with Crippen molar-refractivity contribution in [1.29, 1.82) is 0 Å². The summed E-state index contributed by atoms with van der Waals surface area (Å²) in [7, 11) is -5.40. The first kappa shape index (κ1) is 25.0. The van der Waals surface area contributed by atoms with Crippen LogP contribution in [0.1, 0.15) is 12.5 Å². The fourth-order valence-corrected chi connectivity index (χ4v) is 4.27. The van der Waals surface area contributed by atoms with Gasteiger partial charge < -0.3 is 14.5 Å². The van der Waals surface area contributed by atoms with E-state index in [9.17, 15) is 26.4 Å². The van der Waals surface area contributed by atoms with Crippen molar-refractivity contribution in [2.45, 2.75) is 23.9 Å². The maximum Gasteiger partial charge on any atom is 0.501 e. The van der Waals surface area contributed by atoms with Crippen molar-refractivity contribution >= 4 is 27.4 Å². The number of carbonyl (C=O) groups excluding carboxylic acids is 1. The first-order valence-electron chi connectivity index (χ1n) is 10.6. The van der Waals surface area contributed by atoms with Crippen LogP contribution in [0.15, 0.2) is 89.7 Å². The molecule has 12 heteroatoms. The predicted octanol–water partition coefficient (Wildman–Crippen LogP) is 5.13. The number of hydrogen-bond donors (Lipinski definition) is 1. The molecule has 0 atom stereocenters. The highest BCUT2D eigenvalue weighted by Gasteiger charge is 2.46. The number of pyridine rings is 1. The van der Waals surface area contributed by atoms with E-state index in [1.54, 1.807) is 53.6 Å². The monoisotopic (exact) mass is 518 g/mol. The Morgan fingerprint density at radius 1 is 1.08 bits per heavy atom. The van der Waals surface area contributed by atoms with Gasteiger partial charge in [0.1, 0.15) is 11.6 Å². The predicted molar refractivity (Wildman–Crippen MR) is 127 cm³/mol. The zero-order valence-electron chi connectivity index (χ0n) is 18.9. The highest BCUT2D eigenvalue weighted by molar-refractivity contribution is 7.92. The molecular formula is C24H21F3N4O4S. The standard InChI is InChI=1S/C24H21F3N4O4S/c1-17-14-31(19-7-9-21(10-8-19)36(33,34)24(25,26)27)16-30(17)15-18-11-12-28-22(13-18)29-23(32)35-20-5-3-2-4-6-20/h2-14H,15-16H2,1H3,(H,28,29,32). The van der Waals surface area contributed by atoms with Crippen molar-refractivity contribution in [3.8, 4) is 5.75 Å². The Balaban J connectivity index is 1.39. The number of para-hydroxylation sites is 1. The lowest BCUT2D eigenvalue weighted by Crippen LogP contribution is -2.26. The zero-order valence-corrected chi connectivity index (χ0v) is 19.8. The Kier molecular flexibility index (Phi) is 6.88. The molecule has 0 saturated heterocycles. The molecule has 0 unspecified atom stereocenters. The Labute approximate surface area is 205 Å². The summed E-state index contributed by atoms with van der Waals surface area (Å²) in [6, 6.07) is 16.7. The van der Waals surface area contributed by atoms with Gasteiger partial charge in [0, 0.05) is 30.3 Å². The molecule has 36 heavy (non-hydrogen) atoms. The van der Waals surface area contributed by atoms with Crippen molar-refractivity contribution in [1.82, 2.24) is 9.88 Å². The molecule has 0 bridgehead atoms. The summed E-state index contributed by atoms with van der Waals surface area (Å²) in [6.07, 6.45) is 2.69. The number of alkyl halides is 3. The van der Waals surface area contributed by atoms with Gasteiger partial charge in [-0.25, -0.2) is 18.2 Å². The summed E-state index contributed by atoms with van der Waals surface area (Å²) in [5.41, 5.74) is -3.08. The van der Waals surface area contributed by atoms with Gasteiger partial charge in [-0.05, 0) is 61.0 Å². The fraction of sp³-hybridized carbons (Fsp3) is 0.167. The zero-order chi connectivity index (χ0) is 25.9. The average molecular weight is 519 g/mol. The number of nitrogens with zero attached hydrogens (tertiary/aromatic N) is 3. The van der Waals surface area contributed by atoms with E-state index in [1.165, 1.54) is 12.1 Å². The third kappa shape index (κ3) is 5.60. The van der Waals surface area contributed by atoms with Gasteiger partial charge in [-0.3, -0.25) is 5.32 Å². The maximum atomic E-state index is 12.8. The second kappa shape index (κ2) is 9.90. The van der Waals surface area contributed by atoms with E-state index >= 15 is 0 Å². The van der Waals surface area contributed by atoms with Crippen molar-refractivity contribution in [3.63, 3.8) is 0 Å². The Hall–Kier alpha value is -4.06. The molecule has 8 nitrogen and oxygen atoms in total. The molecule has 188 valence electrons. The van der Waals surface area contributed by atoms with Gasteiger partial charge in [0.25, 0.3) is 9.84 Å². The van der Waals surface area contributed by atoms with Crippen LogP contribution in [0, 0.1) is 0 Å². The summed E-state index contributed by atoms with van der Waals surface area (Å²) in [6.45, 7) is 2.72. The number of hydrogen-bond acceptors (Lipinski definition) is 7.